The Morgan fingerprint density at radius 1 is 1.52 bits per heavy atom. The molecule has 0 spiro atoms. The quantitative estimate of drug-likeness (QED) is 0.664. The fourth-order valence-electron chi connectivity index (χ4n) is 2.18. The monoisotopic (exact) mass is 352 g/mol. The molecule has 0 aliphatic carbocycles. The summed E-state index contributed by atoms with van der Waals surface area (Å²) >= 11 is 3.50. The van der Waals surface area contributed by atoms with Gasteiger partial charge in [-0.25, -0.2) is 0 Å². The Morgan fingerprint density at radius 2 is 2.33 bits per heavy atom. The first-order valence-electron chi connectivity index (χ1n) is 6.85. The summed E-state index contributed by atoms with van der Waals surface area (Å²) in [5, 5.41) is 3.35. The van der Waals surface area contributed by atoms with Gasteiger partial charge < -0.3 is 19.2 Å². The van der Waals surface area contributed by atoms with Gasteiger partial charge in [-0.1, -0.05) is 0 Å². The standard InChI is InChI=1S/C15H21BrN4O/c1-17-15(18-7-6-14-5-4-8-21-14)20(3)11-13-9-12(16)10-19(13)2/h4-5,8-10H,6-7,11H2,1-3H3,(H,17,18). The Hall–Kier alpha value is -1.69. The molecule has 0 bridgehead atoms. The van der Waals surface area contributed by atoms with Gasteiger partial charge in [-0.3, -0.25) is 4.99 Å². The maximum atomic E-state index is 5.32. The number of furan rings is 1. The maximum absolute atomic E-state index is 5.32. The lowest BCUT2D eigenvalue weighted by molar-refractivity contribution is 0.457. The van der Waals surface area contributed by atoms with Crippen LogP contribution in [0.25, 0.3) is 0 Å². The SMILES string of the molecule is CN=C(NCCc1ccco1)N(C)Cc1cc(Br)cn1C. The highest BCUT2D eigenvalue weighted by molar-refractivity contribution is 9.10. The molecule has 2 aromatic rings. The molecule has 2 heterocycles. The molecule has 0 atom stereocenters. The maximum Gasteiger partial charge on any atom is 0.193 e. The van der Waals surface area contributed by atoms with Crippen LogP contribution < -0.4 is 5.32 Å². The second-order valence-corrected chi connectivity index (χ2v) is 5.84. The zero-order valence-electron chi connectivity index (χ0n) is 12.6. The van der Waals surface area contributed by atoms with Crippen molar-refractivity contribution in [3.05, 3.63) is 46.6 Å². The van der Waals surface area contributed by atoms with Crippen molar-refractivity contribution < 1.29 is 4.42 Å². The summed E-state index contributed by atoms with van der Waals surface area (Å²) in [4.78, 5) is 6.42. The molecular weight excluding hydrogens is 332 g/mol. The molecule has 0 amide bonds. The van der Waals surface area contributed by atoms with Crippen molar-refractivity contribution in [3.8, 4) is 0 Å². The number of nitrogens with zero attached hydrogens (tertiary/aromatic N) is 3. The third-order valence-corrected chi connectivity index (χ3v) is 3.72. The van der Waals surface area contributed by atoms with E-state index in [-0.39, 0.29) is 0 Å². The van der Waals surface area contributed by atoms with Crippen molar-refractivity contribution in [2.24, 2.45) is 12.0 Å². The number of aromatic nitrogens is 1. The molecule has 114 valence electrons. The van der Waals surface area contributed by atoms with Crippen LogP contribution in [0.2, 0.25) is 0 Å². The minimum absolute atomic E-state index is 0.793. The molecule has 1 N–H and O–H groups in total. The Bertz CT molecular complexity index is 589. The van der Waals surface area contributed by atoms with E-state index in [1.54, 1.807) is 13.3 Å². The summed E-state index contributed by atoms with van der Waals surface area (Å²) in [7, 11) is 5.87. The van der Waals surface area contributed by atoms with Crippen LogP contribution in [0.3, 0.4) is 0 Å². The number of hydrogen-bond acceptors (Lipinski definition) is 2. The van der Waals surface area contributed by atoms with Crippen LogP contribution in [0.1, 0.15) is 11.5 Å². The van der Waals surface area contributed by atoms with Crippen LogP contribution in [-0.4, -0.2) is 36.1 Å². The Morgan fingerprint density at radius 3 is 2.90 bits per heavy atom. The molecule has 6 heteroatoms. The molecule has 0 aromatic carbocycles. The van der Waals surface area contributed by atoms with E-state index < -0.39 is 0 Å². The number of guanidine groups is 1. The van der Waals surface area contributed by atoms with Crippen molar-refractivity contribution in [2.45, 2.75) is 13.0 Å². The molecule has 5 nitrogen and oxygen atoms in total. The molecule has 0 unspecified atom stereocenters. The summed E-state index contributed by atoms with van der Waals surface area (Å²) in [6, 6.07) is 6.01. The van der Waals surface area contributed by atoms with E-state index in [1.165, 1.54) is 5.69 Å². The number of aliphatic imine (C=N–C) groups is 1. The number of aryl methyl sites for hydroxylation is 1. The highest BCUT2D eigenvalue weighted by Crippen LogP contribution is 2.14. The Labute approximate surface area is 133 Å². The number of halogens is 1. The normalized spacial score (nSPS) is 11.7. The molecule has 0 fully saturated rings. The van der Waals surface area contributed by atoms with Gasteiger partial charge in [-0.2, -0.15) is 0 Å². The lowest BCUT2D eigenvalue weighted by Crippen LogP contribution is -2.39. The summed E-state index contributed by atoms with van der Waals surface area (Å²) in [5.74, 6) is 1.85. The first-order chi connectivity index (χ1) is 10.1. The van der Waals surface area contributed by atoms with E-state index in [9.17, 15) is 0 Å². The lowest BCUT2D eigenvalue weighted by atomic mass is 10.3. The largest absolute Gasteiger partial charge is 0.469 e. The summed E-state index contributed by atoms with van der Waals surface area (Å²) < 4.78 is 8.52. The smallest absolute Gasteiger partial charge is 0.193 e. The molecular formula is C15H21BrN4O. The second-order valence-electron chi connectivity index (χ2n) is 4.92. The zero-order valence-corrected chi connectivity index (χ0v) is 14.2. The topological polar surface area (TPSA) is 45.7 Å². The summed E-state index contributed by atoms with van der Waals surface area (Å²) in [6.07, 6.45) is 4.59. The van der Waals surface area contributed by atoms with Crippen LogP contribution in [-0.2, 0) is 20.0 Å². The van der Waals surface area contributed by atoms with E-state index in [0.29, 0.717) is 0 Å². The van der Waals surface area contributed by atoms with Gasteiger partial charge in [0, 0.05) is 50.5 Å². The highest BCUT2D eigenvalue weighted by atomic mass is 79.9. The van der Waals surface area contributed by atoms with Crippen LogP contribution in [0.5, 0.6) is 0 Å². The summed E-state index contributed by atoms with van der Waals surface area (Å²) in [5.41, 5.74) is 1.22. The Kier molecular flexibility index (Phi) is 5.50. The average molecular weight is 353 g/mol. The molecule has 0 radical (unpaired) electrons. The number of hydrogen-bond donors (Lipinski definition) is 1. The van der Waals surface area contributed by atoms with E-state index in [0.717, 1.165) is 35.7 Å². The average Bonchev–Trinajstić information content (AvgIpc) is 3.05. The molecule has 2 aromatic heterocycles. The van der Waals surface area contributed by atoms with Gasteiger partial charge in [0.15, 0.2) is 5.96 Å². The predicted molar refractivity (Wildman–Crippen MR) is 88.4 cm³/mol. The highest BCUT2D eigenvalue weighted by Gasteiger charge is 2.09. The van der Waals surface area contributed by atoms with Crippen LogP contribution in [0.4, 0.5) is 0 Å². The van der Waals surface area contributed by atoms with Gasteiger partial charge >= 0.3 is 0 Å². The fraction of sp³-hybridized carbons (Fsp3) is 0.400. The van der Waals surface area contributed by atoms with Crippen molar-refractivity contribution in [1.29, 1.82) is 0 Å². The first-order valence-corrected chi connectivity index (χ1v) is 7.64. The Balaban J connectivity index is 1.86. The van der Waals surface area contributed by atoms with Crippen molar-refractivity contribution in [2.75, 3.05) is 20.6 Å². The minimum Gasteiger partial charge on any atom is -0.469 e. The van der Waals surface area contributed by atoms with Crippen molar-refractivity contribution >= 4 is 21.9 Å². The van der Waals surface area contributed by atoms with Crippen molar-refractivity contribution in [1.82, 2.24) is 14.8 Å². The molecule has 0 aliphatic heterocycles. The predicted octanol–water partition coefficient (Wildman–Crippen LogP) is 2.63. The zero-order chi connectivity index (χ0) is 15.2. The molecule has 0 saturated heterocycles. The second kappa shape index (κ2) is 7.36. The van der Waals surface area contributed by atoms with E-state index in [2.05, 4.69) is 48.0 Å². The van der Waals surface area contributed by atoms with Gasteiger partial charge in [0.25, 0.3) is 0 Å². The molecule has 0 aliphatic rings. The van der Waals surface area contributed by atoms with Gasteiger partial charge in [0.2, 0.25) is 0 Å². The molecule has 2 rings (SSSR count). The van der Waals surface area contributed by atoms with Gasteiger partial charge in [0.1, 0.15) is 5.76 Å². The van der Waals surface area contributed by atoms with E-state index >= 15 is 0 Å². The minimum atomic E-state index is 0.793. The number of rotatable bonds is 5. The van der Waals surface area contributed by atoms with Crippen LogP contribution >= 0.6 is 15.9 Å². The van der Waals surface area contributed by atoms with Crippen LogP contribution in [0.15, 0.2) is 44.5 Å². The first kappa shape index (κ1) is 15.7. The fourth-order valence-corrected chi connectivity index (χ4v) is 2.75. The van der Waals surface area contributed by atoms with Crippen LogP contribution in [0, 0.1) is 0 Å². The third-order valence-electron chi connectivity index (χ3n) is 3.28. The van der Waals surface area contributed by atoms with E-state index in [1.807, 2.05) is 26.2 Å². The lowest BCUT2D eigenvalue weighted by Gasteiger charge is -2.22. The van der Waals surface area contributed by atoms with Gasteiger partial charge in [-0.05, 0) is 34.1 Å². The van der Waals surface area contributed by atoms with Gasteiger partial charge in [-0.15, -0.1) is 0 Å². The molecule has 0 saturated carbocycles. The number of nitrogens with one attached hydrogen (secondary N) is 1. The summed E-state index contributed by atoms with van der Waals surface area (Å²) in [6.45, 7) is 1.59. The third kappa shape index (κ3) is 4.39. The van der Waals surface area contributed by atoms with Gasteiger partial charge in [0.05, 0.1) is 12.8 Å². The molecule has 21 heavy (non-hydrogen) atoms. The van der Waals surface area contributed by atoms with E-state index in [4.69, 9.17) is 4.42 Å². The van der Waals surface area contributed by atoms with Crippen molar-refractivity contribution in [3.63, 3.8) is 0 Å².